The van der Waals surface area contributed by atoms with E-state index in [1.165, 1.54) is 12.8 Å². The van der Waals surface area contributed by atoms with Gasteiger partial charge >= 0.3 is 6.03 Å². The zero-order valence-corrected chi connectivity index (χ0v) is 12.8. The second kappa shape index (κ2) is 5.83. The summed E-state index contributed by atoms with van der Waals surface area (Å²) < 4.78 is 0. The second-order valence-corrected chi connectivity index (χ2v) is 6.09. The molecule has 0 radical (unpaired) electrons. The van der Waals surface area contributed by atoms with Gasteiger partial charge in [-0.2, -0.15) is 5.10 Å². The molecule has 0 spiro atoms. The average Bonchev–Trinajstić information content (AvgIpc) is 2.86. The lowest BCUT2D eigenvalue weighted by molar-refractivity contribution is 0.176. The fraction of sp³-hybridized carbons (Fsp3) is 0.714. The van der Waals surface area contributed by atoms with Crippen molar-refractivity contribution in [2.45, 2.75) is 46.1 Å². The van der Waals surface area contributed by atoms with E-state index in [0.717, 1.165) is 30.2 Å². The summed E-state index contributed by atoms with van der Waals surface area (Å²) in [5, 5.41) is 12.7. The number of H-pyrrole nitrogens is 1. The third kappa shape index (κ3) is 3.30. The number of amides is 2. The minimum absolute atomic E-state index is 0.172. The number of nitrogens with zero attached hydrogens (tertiary/aromatic N) is 2. The Kier molecular flexibility index (Phi) is 4.32. The molecule has 1 fully saturated rings. The van der Waals surface area contributed by atoms with Crippen LogP contribution in [0.4, 0.5) is 10.5 Å². The van der Waals surface area contributed by atoms with E-state index in [-0.39, 0.29) is 11.6 Å². The second-order valence-electron chi connectivity index (χ2n) is 6.09. The van der Waals surface area contributed by atoms with E-state index in [0.29, 0.717) is 6.54 Å². The molecule has 0 atom stereocenters. The van der Waals surface area contributed by atoms with Gasteiger partial charge in [0.1, 0.15) is 0 Å². The zero-order chi connectivity index (χ0) is 14.8. The van der Waals surface area contributed by atoms with E-state index >= 15 is 0 Å². The van der Waals surface area contributed by atoms with E-state index in [2.05, 4.69) is 39.6 Å². The topological polar surface area (TPSA) is 73.0 Å². The molecule has 2 amide bonds. The first-order chi connectivity index (χ1) is 9.40. The maximum Gasteiger partial charge on any atom is 0.319 e. The van der Waals surface area contributed by atoms with Gasteiger partial charge in [0, 0.05) is 18.6 Å². The molecule has 112 valence electrons. The summed E-state index contributed by atoms with van der Waals surface area (Å²) in [4.78, 5) is 14.3. The van der Waals surface area contributed by atoms with Gasteiger partial charge in [0.2, 0.25) is 0 Å². The smallest absolute Gasteiger partial charge is 0.319 e. The van der Waals surface area contributed by atoms with Crippen molar-refractivity contribution in [3.05, 3.63) is 11.4 Å². The number of hydrogen-bond acceptors (Lipinski definition) is 3. The molecule has 0 bridgehead atoms. The van der Waals surface area contributed by atoms with Gasteiger partial charge in [-0.25, -0.2) is 4.79 Å². The summed E-state index contributed by atoms with van der Waals surface area (Å²) in [6, 6.07) is -0.172. The van der Waals surface area contributed by atoms with Crippen molar-refractivity contribution < 1.29 is 4.79 Å². The maximum absolute atomic E-state index is 11.9. The van der Waals surface area contributed by atoms with Crippen molar-refractivity contribution >= 4 is 11.7 Å². The van der Waals surface area contributed by atoms with Crippen LogP contribution in [0.15, 0.2) is 0 Å². The Hall–Kier alpha value is -1.56. The van der Waals surface area contributed by atoms with Gasteiger partial charge in [0.05, 0.1) is 17.1 Å². The van der Waals surface area contributed by atoms with Gasteiger partial charge in [-0.05, 0) is 47.1 Å². The van der Waals surface area contributed by atoms with Crippen LogP contribution in [0, 0.1) is 13.8 Å². The number of likely N-dealkylation sites (tertiary alicyclic amines) is 1. The lowest BCUT2D eigenvalue weighted by Crippen LogP contribution is -2.43. The molecule has 1 aliphatic heterocycles. The van der Waals surface area contributed by atoms with Gasteiger partial charge in [-0.1, -0.05) is 0 Å². The lowest BCUT2D eigenvalue weighted by Gasteiger charge is -2.31. The van der Waals surface area contributed by atoms with Crippen molar-refractivity contribution in [3.8, 4) is 0 Å². The maximum atomic E-state index is 11.9. The molecule has 2 rings (SSSR count). The highest BCUT2D eigenvalue weighted by molar-refractivity contribution is 5.90. The molecule has 0 aliphatic carbocycles. The van der Waals surface area contributed by atoms with Gasteiger partial charge in [-0.15, -0.1) is 0 Å². The number of anilines is 1. The molecule has 0 saturated carbocycles. The van der Waals surface area contributed by atoms with Gasteiger partial charge < -0.3 is 10.6 Å². The summed E-state index contributed by atoms with van der Waals surface area (Å²) in [6.07, 6.45) is 2.47. The van der Waals surface area contributed by atoms with Crippen LogP contribution in [-0.2, 0) is 0 Å². The van der Waals surface area contributed by atoms with Crippen LogP contribution in [0.25, 0.3) is 0 Å². The van der Waals surface area contributed by atoms with E-state index < -0.39 is 0 Å². The van der Waals surface area contributed by atoms with Gasteiger partial charge in [0.25, 0.3) is 0 Å². The Morgan fingerprint density at radius 2 is 2.20 bits per heavy atom. The van der Waals surface area contributed by atoms with Crippen LogP contribution in [-0.4, -0.2) is 46.3 Å². The molecular weight excluding hydrogens is 254 g/mol. The first-order valence-electron chi connectivity index (χ1n) is 7.21. The molecule has 1 saturated heterocycles. The molecule has 6 heteroatoms. The van der Waals surface area contributed by atoms with Crippen LogP contribution in [0.5, 0.6) is 0 Å². The number of nitrogens with one attached hydrogen (secondary N) is 3. The Balaban J connectivity index is 1.76. The molecule has 0 aromatic carbocycles. The monoisotopic (exact) mass is 279 g/mol. The standard InChI is InChI=1S/C14H25N5O/c1-10-12(11(2)18-17-10)16-13(20)15-7-9-19-8-5-6-14(19,3)4/h5-9H2,1-4H3,(H,17,18)(H2,15,16,20). The highest BCUT2D eigenvalue weighted by atomic mass is 16.2. The van der Waals surface area contributed by atoms with Crippen LogP contribution < -0.4 is 10.6 Å². The Morgan fingerprint density at radius 1 is 1.45 bits per heavy atom. The number of hydrogen-bond donors (Lipinski definition) is 3. The van der Waals surface area contributed by atoms with Crippen LogP contribution >= 0.6 is 0 Å². The molecular formula is C14H25N5O. The Morgan fingerprint density at radius 3 is 2.75 bits per heavy atom. The lowest BCUT2D eigenvalue weighted by atomic mass is 10.0. The Bertz CT molecular complexity index is 460. The zero-order valence-electron chi connectivity index (χ0n) is 12.8. The number of aromatic amines is 1. The molecule has 6 nitrogen and oxygen atoms in total. The van der Waals surface area contributed by atoms with Crippen molar-refractivity contribution in [1.29, 1.82) is 0 Å². The van der Waals surface area contributed by atoms with E-state index in [9.17, 15) is 4.79 Å². The predicted molar refractivity (Wildman–Crippen MR) is 80.0 cm³/mol. The van der Waals surface area contributed by atoms with Gasteiger partial charge in [0.15, 0.2) is 0 Å². The van der Waals surface area contributed by atoms with Crippen LogP contribution in [0.2, 0.25) is 0 Å². The quantitative estimate of drug-likeness (QED) is 0.789. The number of rotatable bonds is 4. The molecule has 1 aliphatic rings. The number of carbonyl (C=O) groups is 1. The molecule has 1 aromatic heterocycles. The number of aromatic nitrogens is 2. The normalized spacial score (nSPS) is 18.2. The molecule has 0 unspecified atom stereocenters. The number of aryl methyl sites for hydroxylation is 2. The summed E-state index contributed by atoms with van der Waals surface area (Å²) in [5.41, 5.74) is 2.70. The minimum Gasteiger partial charge on any atom is -0.337 e. The van der Waals surface area contributed by atoms with E-state index in [1.807, 2.05) is 13.8 Å². The highest BCUT2D eigenvalue weighted by Gasteiger charge is 2.31. The van der Waals surface area contributed by atoms with Gasteiger partial charge in [-0.3, -0.25) is 10.00 Å². The van der Waals surface area contributed by atoms with E-state index in [4.69, 9.17) is 0 Å². The van der Waals surface area contributed by atoms with Crippen molar-refractivity contribution in [2.75, 3.05) is 25.0 Å². The molecule has 1 aromatic rings. The highest BCUT2D eigenvalue weighted by Crippen LogP contribution is 2.27. The summed E-state index contributed by atoms with van der Waals surface area (Å²) in [6.45, 7) is 11.0. The van der Waals surface area contributed by atoms with Crippen molar-refractivity contribution in [2.24, 2.45) is 0 Å². The first kappa shape index (κ1) is 14.8. The summed E-state index contributed by atoms with van der Waals surface area (Å²) >= 11 is 0. The SMILES string of the molecule is Cc1n[nH]c(C)c1NC(=O)NCCN1CCCC1(C)C. The molecule has 2 heterocycles. The molecule has 20 heavy (non-hydrogen) atoms. The number of urea groups is 1. The average molecular weight is 279 g/mol. The summed E-state index contributed by atoms with van der Waals surface area (Å²) in [5.74, 6) is 0. The van der Waals surface area contributed by atoms with Crippen LogP contribution in [0.1, 0.15) is 38.1 Å². The summed E-state index contributed by atoms with van der Waals surface area (Å²) in [7, 11) is 0. The van der Waals surface area contributed by atoms with Crippen molar-refractivity contribution in [1.82, 2.24) is 20.4 Å². The van der Waals surface area contributed by atoms with E-state index in [1.54, 1.807) is 0 Å². The van der Waals surface area contributed by atoms with Crippen LogP contribution in [0.3, 0.4) is 0 Å². The Labute approximate surface area is 120 Å². The fourth-order valence-electron chi connectivity index (χ4n) is 2.77. The third-order valence-electron chi connectivity index (χ3n) is 4.11. The minimum atomic E-state index is -0.172. The number of carbonyl (C=O) groups excluding carboxylic acids is 1. The molecule has 3 N–H and O–H groups in total. The fourth-order valence-corrected chi connectivity index (χ4v) is 2.77. The largest absolute Gasteiger partial charge is 0.337 e. The predicted octanol–water partition coefficient (Wildman–Crippen LogP) is 2.02. The first-order valence-corrected chi connectivity index (χ1v) is 7.21. The van der Waals surface area contributed by atoms with Crippen molar-refractivity contribution in [3.63, 3.8) is 0 Å². The third-order valence-corrected chi connectivity index (χ3v) is 4.11.